The van der Waals surface area contributed by atoms with E-state index in [4.69, 9.17) is 26.2 Å². The van der Waals surface area contributed by atoms with Gasteiger partial charge in [-0.3, -0.25) is 28.8 Å². The largest absolute Gasteiger partial charge is 0.481 e. The first kappa shape index (κ1) is 27.2. The van der Waals surface area contributed by atoms with E-state index in [0.29, 0.717) is 0 Å². The summed E-state index contributed by atoms with van der Waals surface area (Å²) in [6.07, 6.45) is -3.07. The van der Waals surface area contributed by atoms with Gasteiger partial charge in [-0.05, 0) is 13.3 Å². The quantitative estimate of drug-likeness (QED) is 0.130. The van der Waals surface area contributed by atoms with Gasteiger partial charge < -0.3 is 42.1 Å². The van der Waals surface area contributed by atoms with E-state index in [1.54, 1.807) is 0 Å². The number of hydrogen-bond acceptors (Lipinski definition) is 8. The van der Waals surface area contributed by atoms with Crippen molar-refractivity contribution in [2.24, 2.45) is 5.73 Å². The highest BCUT2D eigenvalue weighted by molar-refractivity contribution is 5.96. The van der Waals surface area contributed by atoms with Gasteiger partial charge in [0.25, 0.3) is 0 Å². The van der Waals surface area contributed by atoms with E-state index >= 15 is 0 Å². The Hall–Kier alpha value is -3.75. The minimum Gasteiger partial charge on any atom is -0.481 e. The summed E-state index contributed by atoms with van der Waals surface area (Å²) in [6, 6.07) is -6.31. The lowest BCUT2D eigenvalue weighted by molar-refractivity contribution is -0.147. The fraction of sp³-hybridized carbons (Fsp3) is 0.562. The molecule has 0 aliphatic carbocycles. The Labute approximate surface area is 175 Å². The van der Waals surface area contributed by atoms with Gasteiger partial charge in [-0.2, -0.15) is 0 Å². The van der Waals surface area contributed by atoms with Gasteiger partial charge >= 0.3 is 23.9 Å². The summed E-state index contributed by atoms with van der Waals surface area (Å²) in [6.45, 7) is 1.27. The Bertz CT molecular complexity index is 737. The van der Waals surface area contributed by atoms with Crippen molar-refractivity contribution < 1.29 is 54.0 Å². The Balaban J connectivity index is 5.54. The van der Waals surface area contributed by atoms with E-state index in [0.717, 1.165) is 0 Å². The molecular weight excluding hydrogens is 424 g/mol. The number of carboxylic acid groups (broad SMARTS) is 4. The molecule has 0 aromatic rings. The van der Waals surface area contributed by atoms with Crippen molar-refractivity contribution in [2.75, 3.05) is 0 Å². The van der Waals surface area contributed by atoms with Crippen LogP contribution in [0.15, 0.2) is 0 Å². The molecule has 9 N–H and O–H groups in total. The molecule has 0 aromatic heterocycles. The predicted octanol–water partition coefficient (Wildman–Crippen LogP) is -3.31. The van der Waals surface area contributed by atoms with Gasteiger partial charge in [0, 0.05) is 6.42 Å². The zero-order chi connectivity index (χ0) is 24.3. The third-order valence-electron chi connectivity index (χ3n) is 3.70. The highest BCUT2D eigenvalue weighted by atomic mass is 16.4. The molecular formula is C16H24N4O11. The van der Waals surface area contributed by atoms with Gasteiger partial charge in [0.2, 0.25) is 17.7 Å². The van der Waals surface area contributed by atoms with Crippen molar-refractivity contribution in [2.45, 2.75) is 56.8 Å². The topological polar surface area (TPSA) is 263 Å². The molecule has 0 bridgehead atoms. The number of nitrogens with two attached hydrogens (primary N) is 1. The lowest BCUT2D eigenvalue weighted by atomic mass is 10.1. The molecule has 0 aliphatic rings. The van der Waals surface area contributed by atoms with Crippen molar-refractivity contribution in [1.82, 2.24) is 16.0 Å². The Morgan fingerprint density at radius 1 is 0.677 bits per heavy atom. The number of nitrogens with one attached hydrogen (secondary N) is 3. The van der Waals surface area contributed by atoms with Crippen molar-refractivity contribution in [3.05, 3.63) is 0 Å². The van der Waals surface area contributed by atoms with Crippen LogP contribution in [0.25, 0.3) is 0 Å². The van der Waals surface area contributed by atoms with Crippen LogP contribution in [0.1, 0.15) is 32.6 Å². The Morgan fingerprint density at radius 2 is 1.10 bits per heavy atom. The van der Waals surface area contributed by atoms with Crippen LogP contribution >= 0.6 is 0 Å². The van der Waals surface area contributed by atoms with Gasteiger partial charge in [0.15, 0.2) is 0 Å². The molecule has 31 heavy (non-hydrogen) atoms. The maximum absolute atomic E-state index is 12.4. The van der Waals surface area contributed by atoms with E-state index in [9.17, 15) is 33.6 Å². The third kappa shape index (κ3) is 11.1. The normalized spacial score (nSPS) is 14.3. The molecule has 0 saturated carbocycles. The fourth-order valence-electron chi connectivity index (χ4n) is 2.14. The molecule has 0 saturated heterocycles. The summed E-state index contributed by atoms with van der Waals surface area (Å²) in [5.74, 6) is -9.34. The number of hydrogen-bond donors (Lipinski definition) is 8. The molecule has 0 rings (SSSR count). The van der Waals surface area contributed by atoms with Crippen molar-refractivity contribution in [3.63, 3.8) is 0 Å². The number of amides is 3. The number of carbonyl (C=O) groups excluding carboxylic acids is 3. The maximum atomic E-state index is 12.4. The SMILES string of the molecule is CC(N)C(=O)NC(CC(=O)O)C(=O)NC(CCC(=O)O)C(=O)NC(CC(=O)O)C(=O)O. The molecule has 15 nitrogen and oxygen atoms in total. The fourth-order valence-corrected chi connectivity index (χ4v) is 2.14. The van der Waals surface area contributed by atoms with E-state index in [1.165, 1.54) is 6.92 Å². The molecule has 0 spiro atoms. The second kappa shape index (κ2) is 12.7. The van der Waals surface area contributed by atoms with Gasteiger partial charge in [-0.25, -0.2) is 4.79 Å². The first-order valence-corrected chi connectivity index (χ1v) is 8.79. The lowest BCUT2D eigenvalue weighted by Crippen LogP contribution is -2.57. The van der Waals surface area contributed by atoms with Gasteiger partial charge in [0.1, 0.15) is 18.1 Å². The molecule has 0 radical (unpaired) electrons. The van der Waals surface area contributed by atoms with E-state index in [1.807, 2.05) is 10.6 Å². The summed E-state index contributed by atoms with van der Waals surface area (Å²) in [4.78, 5) is 80.2. The third-order valence-corrected chi connectivity index (χ3v) is 3.70. The smallest absolute Gasteiger partial charge is 0.326 e. The molecule has 0 fully saturated rings. The number of aliphatic carboxylic acids is 4. The van der Waals surface area contributed by atoms with Gasteiger partial charge in [-0.15, -0.1) is 0 Å². The first-order chi connectivity index (χ1) is 14.2. The van der Waals surface area contributed by atoms with Crippen LogP contribution < -0.4 is 21.7 Å². The summed E-state index contributed by atoms with van der Waals surface area (Å²) < 4.78 is 0. The van der Waals surface area contributed by atoms with Gasteiger partial charge in [-0.1, -0.05) is 0 Å². The number of rotatable bonds is 14. The van der Waals surface area contributed by atoms with Crippen LogP contribution in [0.2, 0.25) is 0 Å². The Morgan fingerprint density at radius 3 is 1.52 bits per heavy atom. The highest BCUT2D eigenvalue weighted by Crippen LogP contribution is 2.04. The van der Waals surface area contributed by atoms with Crippen LogP contribution in [0.5, 0.6) is 0 Å². The van der Waals surface area contributed by atoms with E-state index in [2.05, 4.69) is 5.32 Å². The summed E-state index contributed by atoms with van der Waals surface area (Å²) in [5.41, 5.74) is 5.34. The van der Waals surface area contributed by atoms with Crippen molar-refractivity contribution in [3.8, 4) is 0 Å². The standard InChI is InChI=1S/C16H24N4O11/c1-6(17)13(27)19-8(4-11(23)24)15(29)18-7(2-3-10(21)22)14(28)20-9(16(30)31)5-12(25)26/h6-9H,2-5,17H2,1H3,(H,18,29)(H,19,27)(H,20,28)(H,21,22)(H,23,24)(H,25,26)(H,30,31). The molecule has 0 aliphatic heterocycles. The molecule has 4 atom stereocenters. The second-order valence-electron chi connectivity index (χ2n) is 6.44. The van der Waals surface area contributed by atoms with Gasteiger partial charge in [0.05, 0.1) is 18.9 Å². The molecule has 0 aromatic carbocycles. The number of carbonyl (C=O) groups is 7. The minimum absolute atomic E-state index is 0.534. The molecule has 15 heteroatoms. The predicted molar refractivity (Wildman–Crippen MR) is 98.5 cm³/mol. The average molecular weight is 448 g/mol. The van der Waals surface area contributed by atoms with Crippen LogP contribution in [0, 0.1) is 0 Å². The zero-order valence-corrected chi connectivity index (χ0v) is 16.4. The monoisotopic (exact) mass is 448 g/mol. The lowest BCUT2D eigenvalue weighted by Gasteiger charge is -2.23. The van der Waals surface area contributed by atoms with E-state index < -0.39 is 91.4 Å². The summed E-state index contributed by atoms with van der Waals surface area (Å²) in [5, 5.41) is 41.4. The van der Waals surface area contributed by atoms with Crippen LogP contribution in [0.3, 0.4) is 0 Å². The second-order valence-corrected chi connectivity index (χ2v) is 6.44. The van der Waals surface area contributed by atoms with Crippen LogP contribution in [0.4, 0.5) is 0 Å². The molecule has 0 heterocycles. The number of carboxylic acids is 4. The Kier molecular flexibility index (Phi) is 11.2. The molecule has 174 valence electrons. The highest BCUT2D eigenvalue weighted by Gasteiger charge is 2.31. The van der Waals surface area contributed by atoms with Crippen molar-refractivity contribution in [1.29, 1.82) is 0 Å². The zero-order valence-electron chi connectivity index (χ0n) is 16.4. The summed E-state index contributed by atoms with van der Waals surface area (Å²) >= 11 is 0. The first-order valence-electron chi connectivity index (χ1n) is 8.79. The van der Waals surface area contributed by atoms with Crippen molar-refractivity contribution >= 4 is 41.6 Å². The summed E-state index contributed by atoms with van der Waals surface area (Å²) in [7, 11) is 0. The molecule has 4 unspecified atom stereocenters. The van der Waals surface area contributed by atoms with E-state index in [-0.39, 0.29) is 0 Å². The maximum Gasteiger partial charge on any atom is 0.326 e. The van der Waals surface area contributed by atoms with Crippen LogP contribution in [-0.4, -0.2) is 86.2 Å². The average Bonchev–Trinajstić information content (AvgIpc) is 2.62. The molecule has 3 amide bonds. The minimum atomic E-state index is -1.87. The van der Waals surface area contributed by atoms with Crippen LogP contribution in [-0.2, 0) is 33.6 Å².